The molecule has 4 nitrogen and oxygen atoms in total. The second-order valence-corrected chi connectivity index (χ2v) is 7.44. The lowest BCUT2D eigenvalue weighted by molar-refractivity contribution is -0.145. The van der Waals surface area contributed by atoms with Crippen molar-refractivity contribution in [3.63, 3.8) is 0 Å². The minimum absolute atomic E-state index is 0.105. The molecule has 1 saturated heterocycles. The molecule has 26 heavy (non-hydrogen) atoms. The molecule has 0 radical (unpaired) electrons. The maximum atomic E-state index is 12.5. The van der Waals surface area contributed by atoms with E-state index < -0.39 is 6.10 Å². The highest BCUT2D eigenvalue weighted by atomic mass is 16.5. The van der Waals surface area contributed by atoms with Gasteiger partial charge in [0.1, 0.15) is 6.10 Å². The molecule has 0 spiro atoms. The summed E-state index contributed by atoms with van der Waals surface area (Å²) in [5.74, 6) is -0.344. The number of carbonyl (C=O) groups excluding carboxylic acids is 2. The number of hydrogen-bond donors (Lipinski definition) is 0. The molecule has 0 bridgehead atoms. The number of esters is 2. The maximum absolute atomic E-state index is 12.5. The van der Waals surface area contributed by atoms with E-state index in [-0.39, 0.29) is 23.8 Å². The first kappa shape index (κ1) is 20.2. The molecule has 3 atom stereocenters. The van der Waals surface area contributed by atoms with Gasteiger partial charge >= 0.3 is 11.9 Å². The topological polar surface area (TPSA) is 52.6 Å². The highest BCUT2D eigenvalue weighted by Crippen LogP contribution is 2.39. The van der Waals surface area contributed by atoms with Gasteiger partial charge in [-0.1, -0.05) is 36.5 Å². The summed E-state index contributed by atoms with van der Waals surface area (Å²) in [6.07, 6.45) is 7.94. The number of cyclic esters (lactones) is 1. The third-order valence-corrected chi connectivity index (χ3v) is 5.26. The normalized spacial score (nSPS) is 28.6. The number of carbonyl (C=O) groups is 2. The molecule has 0 aromatic rings. The van der Waals surface area contributed by atoms with Gasteiger partial charge < -0.3 is 9.47 Å². The Morgan fingerprint density at radius 1 is 1.38 bits per heavy atom. The molecule has 4 heteroatoms. The monoisotopic (exact) mass is 358 g/mol. The van der Waals surface area contributed by atoms with E-state index in [1.54, 1.807) is 0 Å². The van der Waals surface area contributed by atoms with Crippen molar-refractivity contribution in [1.82, 2.24) is 0 Å². The maximum Gasteiger partial charge on any atom is 0.334 e. The molecule has 0 aromatic carbocycles. The molecular formula is C22H30O4. The zero-order valence-corrected chi connectivity index (χ0v) is 16.2. The van der Waals surface area contributed by atoms with Gasteiger partial charge in [0.2, 0.25) is 0 Å². The minimum atomic E-state index is -0.422. The average molecular weight is 358 g/mol. The Kier molecular flexibility index (Phi) is 7.01. The third kappa shape index (κ3) is 5.20. The molecular weight excluding hydrogens is 328 g/mol. The van der Waals surface area contributed by atoms with Gasteiger partial charge in [-0.05, 0) is 45.1 Å². The van der Waals surface area contributed by atoms with Crippen LogP contribution in [0.15, 0.2) is 47.6 Å². The second kappa shape index (κ2) is 9.02. The summed E-state index contributed by atoms with van der Waals surface area (Å²) >= 11 is 0. The SMILES string of the molecule is C=C(C)[C@H](C/C=C1/C(=O)OC[C@@H]2C(=C)CC/C=C(\C)CC[C@@H]12)OC(C)=O. The van der Waals surface area contributed by atoms with Crippen molar-refractivity contribution in [2.75, 3.05) is 6.61 Å². The van der Waals surface area contributed by atoms with Crippen LogP contribution in [0.25, 0.3) is 0 Å². The predicted octanol–water partition coefficient (Wildman–Crippen LogP) is 4.68. The smallest absolute Gasteiger partial charge is 0.334 e. The highest BCUT2D eigenvalue weighted by Gasteiger charge is 2.36. The van der Waals surface area contributed by atoms with E-state index >= 15 is 0 Å². The molecule has 1 heterocycles. The lowest BCUT2D eigenvalue weighted by Crippen LogP contribution is -2.34. The lowest BCUT2D eigenvalue weighted by Gasteiger charge is -2.34. The van der Waals surface area contributed by atoms with Crippen molar-refractivity contribution in [1.29, 1.82) is 0 Å². The van der Waals surface area contributed by atoms with E-state index in [0.29, 0.717) is 18.6 Å². The van der Waals surface area contributed by atoms with Crippen LogP contribution in [-0.2, 0) is 19.1 Å². The van der Waals surface area contributed by atoms with Crippen molar-refractivity contribution in [3.8, 4) is 0 Å². The Morgan fingerprint density at radius 2 is 2.12 bits per heavy atom. The van der Waals surface area contributed by atoms with Crippen molar-refractivity contribution >= 4 is 11.9 Å². The first-order valence-corrected chi connectivity index (χ1v) is 9.32. The molecule has 1 aliphatic carbocycles. The molecule has 0 amide bonds. The fourth-order valence-corrected chi connectivity index (χ4v) is 3.69. The molecule has 2 rings (SSSR count). The first-order valence-electron chi connectivity index (χ1n) is 9.32. The van der Waals surface area contributed by atoms with Gasteiger partial charge in [-0.25, -0.2) is 4.79 Å². The summed E-state index contributed by atoms with van der Waals surface area (Å²) in [5, 5.41) is 0. The number of ether oxygens (including phenoxy) is 2. The number of hydrogen-bond acceptors (Lipinski definition) is 4. The number of fused-ring (bicyclic) bond motifs is 1. The standard InChI is InChI=1S/C22H30O4/c1-14(2)21(26-17(5)23)12-11-19-18-10-9-15(3)7-6-8-16(4)20(18)13-25-22(19)24/h7,11,18,20-21H,1,4,6,8-10,12-13H2,2-3,5H3/b15-7+,19-11+/t18-,20+,21-/m0/s1. The van der Waals surface area contributed by atoms with Gasteiger partial charge in [0.25, 0.3) is 0 Å². The van der Waals surface area contributed by atoms with Gasteiger partial charge in [0.05, 0.1) is 6.61 Å². The second-order valence-electron chi connectivity index (χ2n) is 7.44. The van der Waals surface area contributed by atoms with E-state index in [1.165, 1.54) is 12.5 Å². The molecule has 0 N–H and O–H groups in total. The summed E-state index contributed by atoms with van der Waals surface area (Å²) in [6, 6.07) is 0. The Morgan fingerprint density at radius 3 is 2.77 bits per heavy atom. The molecule has 0 aromatic heterocycles. The summed E-state index contributed by atoms with van der Waals surface area (Å²) in [7, 11) is 0. The fraction of sp³-hybridized carbons (Fsp3) is 0.545. The largest absolute Gasteiger partial charge is 0.462 e. The van der Waals surface area contributed by atoms with Gasteiger partial charge in [-0.2, -0.15) is 0 Å². The quantitative estimate of drug-likeness (QED) is 0.416. The third-order valence-electron chi connectivity index (χ3n) is 5.26. The van der Waals surface area contributed by atoms with E-state index in [4.69, 9.17) is 9.47 Å². The molecule has 1 aliphatic heterocycles. The Labute approximate surface area is 156 Å². The molecule has 1 fully saturated rings. The molecule has 2 aliphatic rings. The van der Waals surface area contributed by atoms with Crippen LogP contribution < -0.4 is 0 Å². The van der Waals surface area contributed by atoms with E-state index in [1.807, 2.05) is 13.0 Å². The Bertz CT molecular complexity index is 653. The lowest BCUT2D eigenvalue weighted by atomic mass is 9.76. The molecule has 142 valence electrons. The van der Waals surface area contributed by atoms with Crippen LogP contribution >= 0.6 is 0 Å². The number of rotatable bonds is 4. The first-order chi connectivity index (χ1) is 12.3. The molecule has 0 unspecified atom stereocenters. The van der Waals surface area contributed by atoms with Crippen LogP contribution in [0.3, 0.4) is 0 Å². The van der Waals surface area contributed by atoms with Crippen LogP contribution in [0, 0.1) is 11.8 Å². The number of allylic oxidation sites excluding steroid dienone is 2. The van der Waals surface area contributed by atoms with Crippen LogP contribution in [0.4, 0.5) is 0 Å². The van der Waals surface area contributed by atoms with Crippen LogP contribution in [-0.4, -0.2) is 24.6 Å². The van der Waals surface area contributed by atoms with Gasteiger partial charge in [-0.15, -0.1) is 0 Å². The van der Waals surface area contributed by atoms with Crippen LogP contribution in [0.1, 0.15) is 52.9 Å². The van der Waals surface area contributed by atoms with E-state index in [9.17, 15) is 9.59 Å². The zero-order chi connectivity index (χ0) is 19.3. The summed E-state index contributed by atoms with van der Waals surface area (Å²) in [6.45, 7) is 13.9. The van der Waals surface area contributed by atoms with Crippen LogP contribution in [0.2, 0.25) is 0 Å². The zero-order valence-electron chi connectivity index (χ0n) is 16.2. The summed E-state index contributed by atoms with van der Waals surface area (Å²) < 4.78 is 10.8. The van der Waals surface area contributed by atoms with Crippen molar-refractivity contribution in [3.05, 3.63) is 47.6 Å². The highest BCUT2D eigenvalue weighted by molar-refractivity contribution is 5.90. The average Bonchev–Trinajstić information content (AvgIpc) is 2.62. The van der Waals surface area contributed by atoms with Gasteiger partial charge in [-0.3, -0.25) is 4.79 Å². The predicted molar refractivity (Wildman–Crippen MR) is 102 cm³/mol. The Hall–Kier alpha value is -2.10. The van der Waals surface area contributed by atoms with E-state index in [2.05, 4.69) is 26.2 Å². The van der Waals surface area contributed by atoms with Gasteiger partial charge in [0, 0.05) is 30.8 Å². The van der Waals surface area contributed by atoms with E-state index in [0.717, 1.165) is 36.8 Å². The summed E-state index contributed by atoms with van der Waals surface area (Å²) in [4.78, 5) is 23.8. The van der Waals surface area contributed by atoms with Crippen LogP contribution in [0.5, 0.6) is 0 Å². The van der Waals surface area contributed by atoms with Crippen molar-refractivity contribution < 1.29 is 19.1 Å². The van der Waals surface area contributed by atoms with Crippen molar-refractivity contribution in [2.45, 2.75) is 59.0 Å². The molecule has 0 saturated carbocycles. The Balaban J connectivity index is 2.26. The van der Waals surface area contributed by atoms with Gasteiger partial charge in [0.15, 0.2) is 0 Å². The fourth-order valence-electron chi connectivity index (χ4n) is 3.69. The van der Waals surface area contributed by atoms with Crippen molar-refractivity contribution in [2.24, 2.45) is 11.8 Å². The summed E-state index contributed by atoms with van der Waals surface area (Å²) in [5.41, 5.74) is 3.96. The minimum Gasteiger partial charge on any atom is -0.462 e.